The molecule has 1 heterocycles. The van der Waals surface area contributed by atoms with E-state index in [1.54, 1.807) is 6.92 Å². The van der Waals surface area contributed by atoms with Gasteiger partial charge in [-0.05, 0) is 57.2 Å². The first kappa shape index (κ1) is 17.4. The molecule has 20 heavy (non-hydrogen) atoms. The van der Waals surface area contributed by atoms with Crippen molar-refractivity contribution < 1.29 is 9.90 Å². The third-order valence-electron chi connectivity index (χ3n) is 4.62. The minimum Gasteiger partial charge on any atom is -0.480 e. The second-order valence-electron chi connectivity index (χ2n) is 7.44. The van der Waals surface area contributed by atoms with Gasteiger partial charge in [0.25, 0.3) is 0 Å². The number of likely N-dealkylation sites (N-methyl/N-ethyl adjacent to an activating group) is 1. The Kier molecular flexibility index (Phi) is 6.02. The fraction of sp³-hybridized carbons (Fsp3) is 0.938. The van der Waals surface area contributed by atoms with E-state index >= 15 is 0 Å². The fourth-order valence-electron chi connectivity index (χ4n) is 3.22. The Morgan fingerprint density at radius 1 is 1.25 bits per heavy atom. The van der Waals surface area contributed by atoms with E-state index in [-0.39, 0.29) is 0 Å². The van der Waals surface area contributed by atoms with Gasteiger partial charge in [0.05, 0.1) is 0 Å². The molecule has 1 fully saturated rings. The van der Waals surface area contributed by atoms with E-state index < -0.39 is 11.5 Å². The van der Waals surface area contributed by atoms with Crippen LogP contribution in [-0.4, -0.2) is 47.7 Å². The molecule has 0 spiro atoms. The van der Waals surface area contributed by atoms with E-state index in [1.807, 2.05) is 6.92 Å². The number of aliphatic carboxylic acids is 1. The molecule has 118 valence electrons. The Hall–Kier alpha value is -0.610. The monoisotopic (exact) mass is 284 g/mol. The molecule has 1 aliphatic heterocycles. The van der Waals surface area contributed by atoms with E-state index in [0.29, 0.717) is 18.5 Å². The Labute approximate surface area is 123 Å². The van der Waals surface area contributed by atoms with Gasteiger partial charge in [0.15, 0.2) is 0 Å². The number of carbonyl (C=O) groups is 1. The molecule has 4 nitrogen and oxygen atoms in total. The van der Waals surface area contributed by atoms with E-state index in [2.05, 4.69) is 31.0 Å². The standard InChI is InChI=1S/C16H32N2O2/c1-6-17-16(5,14(19)20)12-18-10-7-8-13(9-11-18)15(2,3)4/h13,17H,6-12H2,1-5H3,(H,19,20). The average Bonchev–Trinajstić information content (AvgIpc) is 2.54. The van der Waals surface area contributed by atoms with E-state index in [0.717, 1.165) is 19.0 Å². The van der Waals surface area contributed by atoms with Crippen LogP contribution in [0, 0.1) is 11.3 Å². The first-order chi connectivity index (χ1) is 9.19. The van der Waals surface area contributed by atoms with Crippen LogP contribution in [0.25, 0.3) is 0 Å². The molecule has 1 rings (SSSR count). The van der Waals surface area contributed by atoms with Crippen LogP contribution in [0.2, 0.25) is 0 Å². The Bertz CT molecular complexity index is 325. The average molecular weight is 284 g/mol. The molecule has 1 aliphatic rings. The van der Waals surface area contributed by atoms with E-state index in [4.69, 9.17) is 0 Å². The van der Waals surface area contributed by atoms with E-state index in [1.165, 1.54) is 19.3 Å². The summed E-state index contributed by atoms with van der Waals surface area (Å²) in [5.74, 6) is -0.0151. The SMILES string of the molecule is CCNC(C)(CN1CCCC(C(C)(C)C)CC1)C(=O)O. The first-order valence-electron chi connectivity index (χ1n) is 7.90. The largest absolute Gasteiger partial charge is 0.480 e. The predicted molar refractivity (Wildman–Crippen MR) is 83.0 cm³/mol. The summed E-state index contributed by atoms with van der Waals surface area (Å²) >= 11 is 0. The molecule has 0 bridgehead atoms. The van der Waals surface area contributed by atoms with Gasteiger partial charge in [0.1, 0.15) is 5.54 Å². The lowest BCUT2D eigenvalue weighted by atomic mass is 9.77. The van der Waals surface area contributed by atoms with Gasteiger partial charge in [-0.15, -0.1) is 0 Å². The molecule has 2 unspecified atom stereocenters. The number of nitrogens with zero attached hydrogens (tertiary/aromatic N) is 1. The molecular weight excluding hydrogens is 252 g/mol. The van der Waals surface area contributed by atoms with Crippen molar-refractivity contribution in [2.45, 2.75) is 59.4 Å². The number of hydrogen-bond donors (Lipinski definition) is 2. The Morgan fingerprint density at radius 2 is 1.90 bits per heavy atom. The van der Waals surface area contributed by atoms with Gasteiger partial charge < -0.3 is 15.3 Å². The number of carboxylic acid groups (broad SMARTS) is 1. The molecule has 0 aromatic carbocycles. The summed E-state index contributed by atoms with van der Waals surface area (Å²) < 4.78 is 0. The van der Waals surface area contributed by atoms with Crippen molar-refractivity contribution in [3.63, 3.8) is 0 Å². The lowest BCUT2D eigenvalue weighted by Gasteiger charge is -2.33. The summed E-state index contributed by atoms with van der Waals surface area (Å²) in [7, 11) is 0. The third kappa shape index (κ3) is 4.74. The topological polar surface area (TPSA) is 52.6 Å². The molecule has 2 atom stereocenters. The van der Waals surface area contributed by atoms with Gasteiger partial charge in [-0.25, -0.2) is 0 Å². The van der Waals surface area contributed by atoms with Crippen LogP contribution in [0.1, 0.15) is 53.9 Å². The zero-order valence-electron chi connectivity index (χ0n) is 13.8. The zero-order chi connectivity index (χ0) is 15.4. The molecule has 0 aliphatic carbocycles. The summed E-state index contributed by atoms with van der Waals surface area (Å²) in [6, 6.07) is 0. The van der Waals surface area contributed by atoms with Crippen molar-refractivity contribution in [1.29, 1.82) is 0 Å². The van der Waals surface area contributed by atoms with Crippen LogP contribution in [-0.2, 0) is 4.79 Å². The fourth-order valence-corrected chi connectivity index (χ4v) is 3.22. The van der Waals surface area contributed by atoms with Gasteiger partial charge in [0, 0.05) is 6.54 Å². The highest BCUT2D eigenvalue weighted by atomic mass is 16.4. The molecule has 0 radical (unpaired) electrons. The number of hydrogen-bond acceptors (Lipinski definition) is 3. The molecular formula is C16H32N2O2. The summed E-state index contributed by atoms with van der Waals surface area (Å²) in [6.07, 6.45) is 3.60. The van der Waals surface area contributed by atoms with Gasteiger partial charge in [-0.2, -0.15) is 0 Å². The maximum Gasteiger partial charge on any atom is 0.324 e. The normalized spacial score (nSPS) is 24.9. The molecule has 4 heteroatoms. The van der Waals surface area contributed by atoms with Crippen molar-refractivity contribution in [3.05, 3.63) is 0 Å². The van der Waals surface area contributed by atoms with Crippen LogP contribution in [0.3, 0.4) is 0 Å². The summed E-state index contributed by atoms with van der Waals surface area (Å²) in [5, 5.41) is 12.6. The Balaban J connectivity index is 2.63. The molecule has 2 N–H and O–H groups in total. The lowest BCUT2D eigenvalue weighted by Crippen LogP contribution is -2.57. The van der Waals surface area contributed by atoms with Gasteiger partial charge in [-0.3, -0.25) is 4.79 Å². The van der Waals surface area contributed by atoms with E-state index in [9.17, 15) is 9.90 Å². The van der Waals surface area contributed by atoms with Gasteiger partial charge in [-0.1, -0.05) is 27.7 Å². The maximum absolute atomic E-state index is 11.5. The smallest absolute Gasteiger partial charge is 0.324 e. The van der Waals surface area contributed by atoms with Crippen LogP contribution < -0.4 is 5.32 Å². The van der Waals surface area contributed by atoms with Crippen LogP contribution in [0.4, 0.5) is 0 Å². The van der Waals surface area contributed by atoms with Crippen molar-refractivity contribution in [3.8, 4) is 0 Å². The number of rotatable bonds is 5. The van der Waals surface area contributed by atoms with Crippen LogP contribution in [0.15, 0.2) is 0 Å². The number of nitrogens with one attached hydrogen (secondary N) is 1. The maximum atomic E-state index is 11.5. The first-order valence-corrected chi connectivity index (χ1v) is 7.90. The van der Waals surface area contributed by atoms with Gasteiger partial charge >= 0.3 is 5.97 Å². The quantitative estimate of drug-likeness (QED) is 0.815. The summed E-state index contributed by atoms with van der Waals surface area (Å²) in [6.45, 7) is 14.0. The summed E-state index contributed by atoms with van der Waals surface area (Å²) in [4.78, 5) is 13.8. The van der Waals surface area contributed by atoms with Gasteiger partial charge in [0.2, 0.25) is 0 Å². The Morgan fingerprint density at radius 3 is 2.40 bits per heavy atom. The van der Waals surface area contributed by atoms with Crippen molar-refractivity contribution in [2.75, 3.05) is 26.2 Å². The van der Waals surface area contributed by atoms with Crippen LogP contribution >= 0.6 is 0 Å². The third-order valence-corrected chi connectivity index (χ3v) is 4.62. The zero-order valence-corrected chi connectivity index (χ0v) is 13.8. The second-order valence-corrected chi connectivity index (χ2v) is 7.44. The molecule has 0 aromatic heterocycles. The molecule has 0 aromatic rings. The number of likely N-dealkylation sites (tertiary alicyclic amines) is 1. The molecule has 0 amide bonds. The lowest BCUT2D eigenvalue weighted by molar-refractivity contribution is -0.145. The highest BCUT2D eigenvalue weighted by molar-refractivity contribution is 5.78. The predicted octanol–water partition coefficient (Wildman–Crippen LogP) is 2.59. The minimum absolute atomic E-state index is 0.355. The number of carboxylic acids is 1. The highest BCUT2D eigenvalue weighted by Gasteiger charge is 2.35. The van der Waals surface area contributed by atoms with Crippen molar-refractivity contribution in [1.82, 2.24) is 10.2 Å². The molecule has 0 saturated carbocycles. The second kappa shape index (κ2) is 6.90. The van der Waals surface area contributed by atoms with Crippen molar-refractivity contribution in [2.24, 2.45) is 11.3 Å². The van der Waals surface area contributed by atoms with Crippen molar-refractivity contribution >= 4 is 5.97 Å². The minimum atomic E-state index is -0.837. The summed E-state index contributed by atoms with van der Waals surface area (Å²) in [5.41, 5.74) is -0.482. The van der Waals surface area contributed by atoms with Crippen LogP contribution in [0.5, 0.6) is 0 Å². The highest BCUT2D eigenvalue weighted by Crippen LogP contribution is 2.34. The molecule has 1 saturated heterocycles.